The van der Waals surface area contributed by atoms with Gasteiger partial charge in [0.05, 0.1) is 20.6 Å². The highest BCUT2D eigenvalue weighted by Gasteiger charge is 2.49. The summed E-state index contributed by atoms with van der Waals surface area (Å²) in [5, 5.41) is 12.9. The maximum atomic E-state index is 12.7. The Balaban J connectivity index is 2.23. The van der Waals surface area contributed by atoms with Gasteiger partial charge < -0.3 is 9.57 Å². The molecule has 0 aliphatic carbocycles. The molecule has 1 heterocycles. The van der Waals surface area contributed by atoms with Crippen LogP contribution in [0.2, 0.25) is 0 Å². The summed E-state index contributed by atoms with van der Waals surface area (Å²) in [5.74, 6) is -1.16. The quantitative estimate of drug-likeness (QED) is 0.440. The van der Waals surface area contributed by atoms with Gasteiger partial charge in [0.1, 0.15) is 0 Å². The number of carbonyl (C=O) groups excluding carboxylic acids is 2. The Hall–Kier alpha value is -1.48. The number of ether oxygens (including phenoxy) is 1. The van der Waals surface area contributed by atoms with Gasteiger partial charge in [-0.1, -0.05) is 22.0 Å². The minimum absolute atomic E-state index is 0.00600. The van der Waals surface area contributed by atoms with Crippen LogP contribution in [0.4, 0.5) is 0 Å². The van der Waals surface area contributed by atoms with Gasteiger partial charge in [-0.25, -0.2) is 9.86 Å². The number of carbonyl (C=O) groups is 2. The molecular formula is C18H25BrN2O5. The average molecular weight is 429 g/mol. The molecule has 144 valence electrons. The predicted molar refractivity (Wildman–Crippen MR) is 98.5 cm³/mol. The molecule has 2 rings (SSSR count). The van der Waals surface area contributed by atoms with E-state index in [0.29, 0.717) is 18.2 Å². The van der Waals surface area contributed by atoms with Gasteiger partial charge in [0, 0.05) is 17.6 Å². The van der Waals surface area contributed by atoms with Gasteiger partial charge >= 0.3 is 5.97 Å². The number of benzene rings is 1. The number of amides is 1. The fourth-order valence-electron chi connectivity index (χ4n) is 3.27. The van der Waals surface area contributed by atoms with E-state index in [1.807, 2.05) is 26.0 Å². The molecule has 0 atom stereocenters. The topological polar surface area (TPSA) is 79.3 Å². The summed E-state index contributed by atoms with van der Waals surface area (Å²) < 4.78 is 5.78. The maximum Gasteiger partial charge on any atom is 0.334 e. The third-order valence-corrected chi connectivity index (χ3v) is 5.83. The van der Waals surface area contributed by atoms with E-state index in [-0.39, 0.29) is 19.3 Å². The molecule has 7 nitrogen and oxygen atoms in total. The van der Waals surface area contributed by atoms with Gasteiger partial charge in [0.15, 0.2) is 5.54 Å². The van der Waals surface area contributed by atoms with E-state index < -0.39 is 17.4 Å². The van der Waals surface area contributed by atoms with Crippen molar-refractivity contribution in [2.75, 3.05) is 27.3 Å². The van der Waals surface area contributed by atoms with E-state index in [0.717, 1.165) is 21.2 Å². The van der Waals surface area contributed by atoms with Crippen LogP contribution in [0.1, 0.15) is 29.5 Å². The number of esters is 1. The second-order valence-corrected chi connectivity index (χ2v) is 7.40. The van der Waals surface area contributed by atoms with E-state index in [2.05, 4.69) is 15.9 Å². The van der Waals surface area contributed by atoms with E-state index in [9.17, 15) is 14.8 Å². The number of hydroxylamine groups is 4. The normalized spacial score (nSPS) is 17.0. The van der Waals surface area contributed by atoms with Crippen molar-refractivity contribution in [2.45, 2.75) is 38.6 Å². The first-order chi connectivity index (χ1) is 12.2. The summed E-state index contributed by atoms with van der Waals surface area (Å²) in [7, 11) is 2.80. The van der Waals surface area contributed by atoms with Crippen molar-refractivity contribution >= 4 is 27.8 Å². The molecule has 0 saturated carbocycles. The molecule has 1 aromatic carbocycles. The highest BCUT2D eigenvalue weighted by atomic mass is 79.9. The van der Waals surface area contributed by atoms with Gasteiger partial charge in [-0.2, -0.15) is 5.06 Å². The van der Waals surface area contributed by atoms with Gasteiger partial charge in [0.2, 0.25) is 0 Å². The van der Waals surface area contributed by atoms with Crippen LogP contribution in [0, 0.1) is 13.8 Å². The van der Waals surface area contributed by atoms with Crippen LogP contribution in [0.5, 0.6) is 0 Å². The van der Waals surface area contributed by atoms with Crippen molar-refractivity contribution in [3.8, 4) is 0 Å². The predicted octanol–water partition coefficient (Wildman–Crippen LogP) is 2.40. The summed E-state index contributed by atoms with van der Waals surface area (Å²) in [6.45, 7) is 4.70. The van der Waals surface area contributed by atoms with E-state index in [1.165, 1.54) is 7.11 Å². The largest absolute Gasteiger partial charge is 0.467 e. The van der Waals surface area contributed by atoms with Gasteiger partial charge in [-0.15, -0.1) is 0 Å². The van der Waals surface area contributed by atoms with Gasteiger partial charge in [-0.05, 0) is 49.4 Å². The number of nitrogens with zero attached hydrogens (tertiary/aromatic N) is 2. The van der Waals surface area contributed by atoms with Crippen LogP contribution < -0.4 is 0 Å². The zero-order valence-corrected chi connectivity index (χ0v) is 17.1. The lowest BCUT2D eigenvalue weighted by molar-refractivity contribution is -0.228. The van der Waals surface area contributed by atoms with Crippen LogP contribution in [-0.2, 0) is 25.6 Å². The molecule has 1 amide bonds. The summed E-state index contributed by atoms with van der Waals surface area (Å²) >= 11 is 3.46. The van der Waals surface area contributed by atoms with Crippen LogP contribution in [0.15, 0.2) is 16.6 Å². The van der Waals surface area contributed by atoms with Gasteiger partial charge in [0.25, 0.3) is 5.91 Å². The fraction of sp³-hybridized carbons (Fsp3) is 0.556. The first-order valence-corrected chi connectivity index (χ1v) is 9.19. The van der Waals surface area contributed by atoms with Crippen molar-refractivity contribution in [1.82, 2.24) is 10.1 Å². The number of hydrogen-bond donors (Lipinski definition) is 1. The number of rotatable bonds is 5. The third kappa shape index (κ3) is 4.09. The molecule has 1 N–H and O–H groups in total. The smallest absolute Gasteiger partial charge is 0.334 e. The number of piperidine rings is 1. The highest BCUT2D eigenvalue weighted by Crippen LogP contribution is 2.31. The van der Waals surface area contributed by atoms with Crippen LogP contribution in [0.25, 0.3) is 0 Å². The number of aryl methyl sites for hydroxylation is 2. The molecule has 26 heavy (non-hydrogen) atoms. The summed E-state index contributed by atoms with van der Waals surface area (Å²) in [5.41, 5.74) is 1.42. The molecule has 0 spiro atoms. The van der Waals surface area contributed by atoms with E-state index in [4.69, 9.17) is 9.57 Å². The Bertz CT molecular complexity index is 686. The van der Waals surface area contributed by atoms with E-state index in [1.54, 1.807) is 12.2 Å². The third-order valence-electron chi connectivity index (χ3n) is 4.97. The second-order valence-electron chi connectivity index (χ2n) is 6.54. The Morgan fingerprint density at radius 3 is 2.38 bits per heavy atom. The van der Waals surface area contributed by atoms with Crippen LogP contribution in [0.3, 0.4) is 0 Å². The summed E-state index contributed by atoms with van der Waals surface area (Å²) in [6, 6.07) is 3.84. The van der Waals surface area contributed by atoms with Crippen molar-refractivity contribution in [1.29, 1.82) is 0 Å². The maximum absolute atomic E-state index is 12.7. The van der Waals surface area contributed by atoms with E-state index >= 15 is 0 Å². The molecule has 0 radical (unpaired) electrons. The lowest BCUT2D eigenvalue weighted by Gasteiger charge is -2.42. The Labute approximate surface area is 161 Å². The van der Waals surface area contributed by atoms with Crippen molar-refractivity contribution in [3.63, 3.8) is 0 Å². The molecule has 1 fully saturated rings. The van der Waals surface area contributed by atoms with Crippen molar-refractivity contribution in [3.05, 3.63) is 33.3 Å². The van der Waals surface area contributed by atoms with Crippen molar-refractivity contribution in [2.24, 2.45) is 0 Å². The first-order valence-electron chi connectivity index (χ1n) is 8.40. The highest BCUT2D eigenvalue weighted by molar-refractivity contribution is 9.10. The molecule has 1 aliphatic heterocycles. The Morgan fingerprint density at radius 1 is 1.23 bits per heavy atom. The Kier molecular flexibility index (Phi) is 6.79. The van der Waals surface area contributed by atoms with Crippen molar-refractivity contribution < 1.29 is 24.4 Å². The average Bonchev–Trinajstić information content (AvgIpc) is 2.64. The zero-order chi connectivity index (χ0) is 19.5. The number of methoxy groups -OCH3 is 1. The molecule has 0 aromatic heterocycles. The summed E-state index contributed by atoms with van der Waals surface area (Å²) in [4.78, 5) is 30.3. The second kappa shape index (κ2) is 8.47. The molecule has 0 unspecified atom stereocenters. The SMILES string of the molecule is COC(=O)C1(N(O)C(=O)Cc2cc(Br)c(C)cc2C)CCN(OC)CC1. The molecule has 1 saturated heterocycles. The molecule has 0 bridgehead atoms. The summed E-state index contributed by atoms with van der Waals surface area (Å²) in [6.07, 6.45) is 0.451. The fourth-order valence-corrected chi connectivity index (χ4v) is 3.66. The van der Waals surface area contributed by atoms with Crippen LogP contribution >= 0.6 is 15.9 Å². The minimum Gasteiger partial charge on any atom is -0.467 e. The Morgan fingerprint density at radius 2 is 1.85 bits per heavy atom. The first kappa shape index (κ1) is 20.8. The molecule has 1 aliphatic rings. The number of halogens is 1. The monoisotopic (exact) mass is 428 g/mol. The zero-order valence-electron chi connectivity index (χ0n) is 15.5. The van der Waals surface area contributed by atoms with Gasteiger partial charge in [-0.3, -0.25) is 10.0 Å². The lowest BCUT2D eigenvalue weighted by Crippen LogP contribution is -2.61. The lowest BCUT2D eigenvalue weighted by atomic mass is 9.87. The standard InChI is InChI=1S/C18H25BrN2O5/c1-12-9-13(2)15(19)10-14(12)11-16(22)21(24)18(17(23)25-3)5-7-20(26-4)8-6-18/h9-10,24H,5-8,11H2,1-4H3. The molecular weight excluding hydrogens is 404 g/mol. The number of hydrogen-bond acceptors (Lipinski definition) is 6. The van der Waals surface area contributed by atoms with Crippen LogP contribution in [-0.4, -0.2) is 60.1 Å². The molecule has 8 heteroatoms. The minimum atomic E-state index is -1.39. The molecule has 1 aromatic rings.